The molecule has 2 rings (SSSR count). The van der Waals surface area contributed by atoms with Crippen LogP contribution in [0.25, 0.3) is 0 Å². The van der Waals surface area contributed by atoms with E-state index in [1.807, 2.05) is 19.1 Å². The molecule has 0 atom stereocenters. The fourth-order valence-electron chi connectivity index (χ4n) is 2.27. The van der Waals surface area contributed by atoms with Crippen LogP contribution in [0.5, 0.6) is 0 Å². The van der Waals surface area contributed by atoms with Crippen LogP contribution in [0.2, 0.25) is 0 Å². The van der Waals surface area contributed by atoms with Crippen molar-refractivity contribution in [3.63, 3.8) is 0 Å². The Labute approximate surface area is 115 Å². The molecule has 0 unspecified atom stereocenters. The van der Waals surface area contributed by atoms with E-state index in [9.17, 15) is 8.42 Å². The van der Waals surface area contributed by atoms with Gasteiger partial charge in [0.25, 0.3) is 0 Å². The molecule has 1 aliphatic rings. The van der Waals surface area contributed by atoms with Crippen molar-refractivity contribution in [2.75, 3.05) is 13.1 Å². The van der Waals surface area contributed by atoms with E-state index in [1.54, 1.807) is 28.6 Å². The van der Waals surface area contributed by atoms with Gasteiger partial charge >= 0.3 is 0 Å². The van der Waals surface area contributed by atoms with Gasteiger partial charge in [0.15, 0.2) is 0 Å². The van der Waals surface area contributed by atoms with Crippen LogP contribution in [-0.2, 0) is 10.0 Å². The fourth-order valence-corrected chi connectivity index (χ4v) is 3.69. The van der Waals surface area contributed by atoms with Crippen LogP contribution in [0.15, 0.2) is 58.5 Å². The lowest BCUT2D eigenvalue weighted by Crippen LogP contribution is -2.28. The predicted octanol–water partition coefficient (Wildman–Crippen LogP) is 2.97. The van der Waals surface area contributed by atoms with Crippen LogP contribution in [0.3, 0.4) is 0 Å². The Hall–Kier alpha value is -1.39. The van der Waals surface area contributed by atoms with Crippen molar-refractivity contribution in [1.29, 1.82) is 0 Å². The first kappa shape index (κ1) is 14.0. The van der Waals surface area contributed by atoms with E-state index < -0.39 is 10.0 Å². The predicted molar refractivity (Wildman–Crippen MR) is 77.3 cm³/mol. The molecule has 0 N–H and O–H groups in total. The summed E-state index contributed by atoms with van der Waals surface area (Å²) in [6.07, 6.45) is 5.03. The van der Waals surface area contributed by atoms with Crippen molar-refractivity contribution in [1.82, 2.24) is 4.31 Å². The maximum absolute atomic E-state index is 12.5. The van der Waals surface area contributed by atoms with Crippen molar-refractivity contribution in [3.8, 4) is 0 Å². The summed E-state index contributed by atoms with van der Waals surface area (Å²) in [6.45, 7) is 4.97. The summed E-state index contributed by atoms with van der Waals surface area (Å²) >= 11 is 0. The van der Waals surface area contributed by atoms with Gasteiger partial charge in [-0.25, -0.2) is 8.42 Å². The van der Waals surface area contributed by atoms with Crippen LogP contribution >= 0.6 is 0 Å². The van der Waals surface area contributed by atoms with Crippen molar-refractivity contribution >= 4 is 10.0 Å². The van der Waals surface area contributed by atoms with E-state index in [4.69, 9.17) is 0 Å². The van der Waals surface area contributed by atoms with E-state index in [0.29, 0.717) is 18.0 Å². The van der Waals surface area contributed by atoms with Gasteiger partial charge in [0, 0.05) is 13.1 Å². The lowest BCUT2D eigenvalue weighted by Gasteiger charge is -2.14. The van der Waals surface area contributed by atoms with Crippen LogP contribution in [-0.4, -0.2) is 25.8 Å². The van der Waals surface area contributed by atoms with Gasteiger partial charge in [-0.15, -0.1) is 0 Å². The molecule has 1 fully saturated rings. The summed E-state index contributed by atoms with van der Waals surface area (Å²) < 4.78 is 26.6. The topological polar surface area (TPSA) is 37.4 Å². The Balaban J connectivity index is 2.33. The van der Waals surface area contributed by atoms with Gasteiger partial charge in [0.1, 0.15) is 0 Å². The van der Waals surface area contributed by atoms with E-state index in [-0.39, 0.29) is 0 Å². The van der Waals surface area contributed by atoms with Crippen molar-refractivity contribution in [2.45, 2.75) is 25.2 Å². The minimum Gasteiger partial charge on any atom is -0.207 e. The molecule has 3 nitrogen and oxygen atoms in total. The highest BCUT2D eigenvalue weighted by Gasteiger charge is 2.31. The number of hydrogen-bond donors (Lipinski definition) is 0. The summed E-state index contributed by atoms with van der Waals surface area (Å²) in [5.74, 6) is 0. The number of rotatable bonds is 3. The highest BCUT2D eigenvalue weighted by molar-refractivity contribution is 7.89. The normalized spacial score (nSPS) is 21.4. The monoisotopic (exact) mass is 277 g/mol. The SMILES string of the molecule is C/C=C1\CN(S(=O)(=O)c2ccccc2)C\C1=C\CC. The molecule has 4 heteroatoms. The molecule has 0 bridgehead atoms. The van der Waals surface area contributed by atoms with Gasteiger partial charge in [-0.1, -0.05) is 37.3 Å². The average molecular weight is 277 g/mol. The zero-order valence-electron chi connectivity index (χ0n) is 11.3. The Morgan fingerprint density at radius 1 is 1.16 bits per heavy atom. The summed E-state index contributed by atoms with van der Waals surface area (Å²) in [4.78, 5) is 0.364. The number of sulfonamides is 1. The third-order valence-corrected chi connectivity index (χ3v) is 5.09. The summed E-state index contributed by atoms with van der Waals surface area (Å²) in [7, 11) is -3.38. The molecule has 1 aromatic rings. The lowest BCUT2D eigenvalue weighted by molar-refractivity contribution is 0.489. The molecule has 1 aromatic carbocycles. The fraction of sp³-hybridized carbons (Fsp3) is 0.333. The Bertz CT molecular complexity index is 600. The number of hydrogen-bond acceptors (Lipinski definition) is 2. The summed E-state index contributed by atoms with van der Waals surface area (Å²) in [5.41, 5.74) is 2.24. The van der Waals surface area contributed by atoms with Gasteiger partial charge in [-0.05, 0) is 36.6 Å². The quantitative estimate of drug-likeness (QED) is 0.851. The molecule has 0 spiro atoms. The van der Waals surface area contributed by atoms with E-state index in [2.05, 4.69) is 13.0 Å². The highest BCUT2D eigenvalue weighted by Crippen LogP contribution is 2.27. The Kier molecular flexibility index (Phi) is 4.22. The third-order valence-electron chi connectivity index (χ3n) is 3.29. The minimum absolute atomic E-state index is 0.364. The second-order valence-electron chi connectivity index (χ2n) is 4.54. The first-order valence-corrected chi connectivity index (χ1v) is 7.93. The van der Waals surface area contributed by atoms with Gasteiger partial charge in [-0.2, -0.15) is 4.31 Å². The van der Waals surface area contributed by atoms with Crippen LogP contribution in [0.4, 0.5) is 0 Å². The van der Waals surface area contributed by atoms with Crippen LogP contribution in [0, 0.1) is 0 Å². The van der Waals surface area contributed by atoms with Crippen LogP contribution in [0.1, 0.15) is 20.3 Å². The van der Waals surface area contributed by atoms with Crippen LogP contribution < -0.4 is 0 Å². The first-order chi connectivity index (χ1) is 9.09. The molecule has 0 amide bonds. The van der Waals surface area contributed by atoms with E-state index in [1.165, 1.54) is 0 Å². The largest absolute Gasteiger partial charge is 0.243 e. The lowest BCUT2D eigenvalue weighted by atomic mass is 10.1. The zero-order chi connectivity index (χ0) is 13.9. The molecule has 1 heterocycles. The molecule has 1 aliphatic heterocycles. The number of allylic oxidation sites excluding steroid dienone is 2. The minimum atomic E-state index is -3.38. The Morgan fingerprint density at radius 2 is 1.79 bits per heavy atom. The van der Waals surface area contributed by atoms with Gasteiger partial charge in [-0.3, -0.25) is 0 Å². The summed E-state index contributed by atoms with van der Waals surface area (Å²) in [6, 6.07) is 8.62. The van der Waals surface area contributed by atoms with E-state index in [0.717, 1.165) is 17.6 Å². The molecule has 0 aromatic heterocycles. The molecule has 1 saturated heterocycles. The van der Waals surface area contributed by atoms with Crippen molar-refractivity contribution < 1.29 is 8.42 Å². The molecule has 102 valence electrons. The van der Waals surface area contributed by atoms with Gasteiger partial charge < -0.3 is 0 Å². The standard InChI is InChI=1S/C15H19NO2S/c1-3-8-14-12-16(11-13(14)4-2)19(17,18)15-9-6-5-7-10-15/h4-10H,3,11-12H2,1-2H3/b13-4+,14-8-. The maximum atomic E-state index is 12.5. The third kappa shape index (κ3) is 2.80. The van der Waals surface area contributed by atoms with Gasteiger partial charge in [0.2, 0.25) is 10.0 Å². The zero-order valence-corrected chi connectivity index (χ0v) is 12.2. The molecule has 0 saturated carbocycles. The molecular weight excluding hydrogens is 258 g/mol. The second kappa shape index (κ2) is 5.72. The smallest absolute Gasteiger partial charge is 0.207 e. The second-order valence-corrected chi connectivity index (χ2v) is 6.48. The maximum Gasteiger partial charge on any atom is 0.243 e. The molecule has 19 heavy (non-hydrogen) atoms. The molecule has 0 aliphatic carbocycles. The highest BCUT2D eigenvalue weighted by atomic mass is 32.2. The Morgan fingerprint density at radius 3 is 2.37 bits per heavy atom. The van der Waals surface area contributed by atoms with Crippen molar-refractivity contribution in [2.24, 2.45) is 0 Å². The molecular formula is C15H19NO2S. The van der Waals surface area contributed by atoms with Crippen molar-refractivity contribution in [3.05, 3.63) is 53.6 Å². The van der Waals surface area contributed by atoms with E-state index >= 15 is 0 Å². The number of benzene rings is 1. The number of nitrogens with zero attached hydrogens (tertiary/aromatic N) is 1. The van der Waals surface area contributed by atoms with Gasteiger partial charge in [0.05, 0.1) is 4.90 Å². The molecule has 0 radical (unpaired) electrons. The summed E-state index contributed by atoms with van der Waals surface area (Å²) in [5, 5.41) is 0. The first-order valence-electron chi connectivity index (χ1n) is 6.49. The average Bonchev–Trinajstić information content (AvgIpc) is 2.84.